The Morgan fingerprint density at radius 1 is 0.571 bits per heavy atom. The van der Waals surface area contributed by atoms with Crippen LogP contribution in [0, 0.1) is 0 Å². The normalized spacial score (nSPS) is 11.8. The predicted octanol–water partition coefficient (Wildman–Crippen LogP) is 1.29. The van der Waals surface area contributed by atoms with Crippen LogP contribution in [0.3, 0.4) is 0 Å². The van der Waals surface area contributed by atoms with Gasteiger partial charge in [0.05, 0.1) is 9.79 Å². The second-order valence-electron chi connectivity index (χ2n) is 5.62. The third-order valence-corrected chi connectivity index (χ3v) is 7.86. The maximum atomic E-state index is 11.5. The van der Waals surface area contributed by atoms with Crippen molar-refractivity contribution in [3.05, 3.63) is 78.9 Å². The molecule has 0 heterocycles. The first-order chi connectivity index (χ1) is 12.7. The molecule has 0 aromatic heterocycles. The first-order valence-electron chi connectivity index (χ1n) is 7.66. The van der Waals surface area contributed by atoms with E-state index >= 15 is 0 Å². The van der Waals surface area contributed by atoms with Crippen LogP contribution in [0.15, 0.2) is 88.7 Å². The van der Waals surface area contributed by atoms with Crippen molar-refractivity contribution >= 4 is 73.6 Å². The third kappa shape index (κ3) is 5.49. The molecule has 0 radical (unpaired) electrons. The van der Waals surface area contributed by atoms with Crippen LogP contribution in [-0.2, 0) is 20.2 Å². The minimum absolute atomic E-state index is 0. The Balaban J connectivity index is 0.00000280. The van der Waals surface area contributed by atoms with Crippen LogP contribution in [0.25, 0.3) is 0 Å². The summed E-state index contributed by atoms with van der Waals surface area (Å²) in [5, 5.41) is 2.07. The van der Waals surface area contributed by atoms with E-state index in [1.54, 1.807) is 12.1 Å². The molecule has 0 unspecified atom stereocenters. The molecule has 0 bridgehead atoms. The van der Waals surface area contributed by atoms with Crippen molar-refractivity contribution < 1.29 is 25.9 Å². The van der Waals surface area contributed by atoms with Gasteiger partial charge in [0.1, 0.15) is 0 Å². The number of benzene rings is 3. The van der Waals surface area contributed by atoms with E-state index in [2.05, 4.69) is 0 Å². The monoisotopic (exact) mass is 446 g/mol. The van der Waals surface area contributed by atoms with Gasteiger partial charge >= 0.3 is 29.6 Å². The molecule has 0 atom stereocenters. The van der Waals surface area contributed by atoms with Crippen molar-refractivity contribution in [3.8, 4) is 0 Å². The van der Waals surface area contributed by atoms with Gasteiger partial charge in [-0.05, 0) is 48.1 Å². The van der Waals surface area contributed by atoms with Crippen LogP contribution in [0.2, 0.25) is 0 Å². The van der Waals surface area contributed by atoms with Crippen molar-refractivity contribution in [1.82, 2.24) is 0 Å². The van der Waals surface area contributed by atoms with E-state index in [0.717, 1.165) is 5.30 Å². The zero-order valence-electron chi connectivity index (χ0n) is 13.8. The topological polar surface area (TPSA) is 109 Å². The molecule has 0 aliphatic heterocycles. The second kappa shape index (κ2) is 9.15. The molecule has 3 aromatic carbocycles. The molecule has 28 heavy (non-hydrogen) atoms. The van der Waals surface area contributed by atoms with E-state index in [4.69, 9.17) is 0 Å². The Hall–Kier alpha value is -1.09. The molecule has 0 spiro atoms. The molecule has 142 valence electrons. The van der Waals surface area contributed by atoms with E-state index in [-0.39, 0.29) is 39.3 Å². The van der Waals surface area contributed by atoms with E-state index in [9.17, 15) is 25.9 Å². The maximum absolute atomic E-state index is 11.5. The molecule has 3 aromatic rings. The number of hydrogen-bond donors (Lipinski definition) is 2. The van der Waals surface area contributed by atoms with Crippen LogP contribution in [0.5, 0.6) is 0 Å². The Morgan fingerprint density at radius 2 is 0.964 bits per heavy atom. The summed E-state index contributed by atoms with van der Waals surface area (Å²) in [5.74, 6) is 0. The van der Waals surface area contributed by atoms with Crippen molar-refractivity contribution in [2.45, 2.75) is 9.79 Å². The molecular formula is C18H16NaO6PS2. The quantitative estimate of drug-likeness (QED) is 0.347. The molecule has 2 N–H and O–H groups in total. The summed E-state index contributed by atoms with van der Waals surface area (Å²) in [4.78, 5) is -0.483. The van der Waals surface area contributed by atoms with E-state index < -0.39 is 28.2 Å². The van der Waals surface area contributed by atoms with Gasteiger partial charge in [0.2, 0.25) is 0 Å². The first kappa shape index (κ1) is 23.2. The fraction of sp³-hybridized carbons (Fsp3) is 0. The Morgan fingerprint density at radius 3 is 1.36 bits per heavy atom. The van der Waals surface area contributed by atoms with Crippen LogP contribution < -0.4 is 15.9 Å². The van der Waals surface area contributed by atoms with Crippen molar-refractivity contribution in [3.63, 3.8) is 0 Å². The Bertz CT molecular complexity index is 1110. The van der Waals surface area contributed by atoms with Crippen molar-refractivity contribution in [2.24, 2.45) is 0 Å². The van der Waals surface area contributed by atoms with Crippen LogP contribution in [0.1, 0.15) is 0 Å². The Labute approximate surface area is 187 Å². The molecule has 6 nitrogen and oxygen atoms in total. The van der Waals surface area contributed by atoms with Crippen LogP contribution in [-0.4, -0.2) is 55.5 Å². The average Bonchev–Trinajstić information content (AvgIpc) is 2.62. The first-order valence-corrected chi connectivity index (χ1v) is 11.9. The van der Waals surface area contributed by atoms with Gasteiger partial charge in [0.15, 0.2) is 0 Å². The van der Waals surface area contributed by atoms with E-state index in [1.165, 1.54) is 36.4 Å². The Kier molecular flexibility index (Phi) is 7.58. The van der Waals surface area contributed by atoms with Gasteiger partial charge in [-0.3, -0.25) is 9.11 Å². The van der Waals surface area contributed by atoms with Gasteiger partial charge in [-0.2, -0.15) is 16.8 Å². The summed E-state index contributed by atoms with van der Waals surface area (Å²) in [6, 6.07) is 21.0. The average molecular weight is 446 g/mol. The van der Waals surface area contributed by atoms with Gasteiger partial charge in [0.25, 0.3) is 20.2 Å². The third-order valence-electron chi connectivity index (χ3n) is 3.76. The van der Waals surface area contributed by atoms with Gasteiger partial charge in [-0.25, -0.2) is 0 Å². The van der Waals surface area contributed by atoms with Crippen molar-refractivity contribution in [2.75, 3.05) is 0 Å². The number of hydrogen-bond acceptors (Lipinski definition) is 4. The van der Waals surface area contributed by atoms with Gasteiger partial charge in [-0.1, -0.05) is 54.6 Å². The summed E-state index contributed by atoms with van der Waals surface area (Å²) in [7, 11) is -10.1. The molecule has 10 heteroatoms. The summed E-state index contributed by atoms with van der Waals surface area (Å²) >= 11 is 0. The zero-order chi connectivity index (χ0) is 19.7. The fourth-order valence-corrected chi connectivity index (χ4v) is 6.19. The minimum atomic E-state index is -4.38. The zero-order valence-corrected chi connectivity index (χ0v) is 16.3. The molecule has 0 saturated heterocycles. The van der Waals surface area contributed by atoms with Crippen LogP contribution >= 0.6 is 7.92 Å². The number of rotatable bonds is 5. The van der Waals surface area contributed by atoms with Gasteiger partial charge in [-0.15, -0.1) is 0 Å². The van der Waals surface area contributed by atoms with Gasteiger partial charge < -0.3 is 0 Å². The fourth-order valence-electron chi connectivity index (χ4n) is 2.59. The van der Waals surface area contributed by atoms with Gasteiger partial charge in [0, 0.05) is 0 Å². The van der Waals surface area contributed by atoms with Crippen molar-refractivity contribution in [1.29, 1.82) is 0 Å². The summed E-state index contributed by atoms with van der Waals surface area (Å²) in [6.45, 7) is 0. The molecule has 0 saturated carbocycles. The standard InChI is InChI=1S/C18H15O6PS2.Na.H/c19-26(20,21)17-10-4-8-15(12-17)25(14-6-2-1-3-7-14)16-9-5-11-18(13-16)27(22,23)24;;/h1-13H,(H,19,20,21)(H,22,23,24);;. The molecule has 0 fully saturated rings. The van der Waals surface area contributed by atoms with E-state index in [0.29, 0.717) is 10.6 Å². The summed E-state index contributed by atoms with van der Waals surface area (Å²) in [5.41, 5.74) is 0. The van der Waals surface area contributed by atoms with E-state index in [1.807, 2.05) is 30.3 Å². The molecule has 0 amide bonds. The molecule has 0 aliphatic rings. The summed E-state index contributed by atoms with van der Waals surface area (Å²) < 4.78 is 64.8. The molecular weight excluding hydrogens is 430 g/mol. The summed E-state index contributed by atoms with van der Waals surface area (Å²) in [6.07, 6.45) is 0. The molecule has 0 aliphatic carbocycles. The molecule has 3 rings (SSSR count). The van der Waals surface area contributed by atoms with Crippen LogP contribution in [0.4, 0.5) is 0 Å². The predicted molar refractivity (Wildman–Crippen MR) is 112 cm³/mol. The second-order valence-corrected chi connectivity index (χ2v) is 10.7. The SMILES string of the molecule is O=S(=O)(O)c1cccc(P(c2ccccc2)c2cccc(S(=O)(=O)O)c2)c1.[NaH].